The number of pyridine rings is 1. The van der Waals surface area contributed by atoms with Crippen LogP contribution in [0.3, 0.4) is 0 Å². The number of anilines is 1. The van der Waals surface area contributed by atoms with Gasteiger partial charge >= 0.3 is 5.91 Å². The predicted molar refractivity (Wildman–Crippen MR) is 102 cm³/mol. The lowest BCUT2D eigenvalue weighted by Gasteiger charge is -2.22. The molecule has 1 saturated heterocycles. The standard InChI is InChI=1S/C19H14N4O4S/c1-10-21-22-19(28-10)23-15(12-3-2-4-13(24)9-12)14(17(26)18(23)27)16(25)11-5-7-20-8-6-11/h2-9,15,24-25H,1H3. The summed E-state index contributed by atoms with van der Waals surface area (Å²) in [5.41, 5.74) is 0.726. The van der Waals surface area contributed by atoms with Crippen molar-refractivity contribution in [2.45, 2.75) is 13.0 Å². The summed E-state index contributed by atoms with van der Waals surface area (Å²) < 4.78 is 0. The van der Waals surface area contributed by atoms with Crippen LogP contribution in [0.2, 0.25) is 0 Å². The molecule has 0 saturated carbocycles. The molecular formula is C19H14N4O4S. The van der Waals surface area contributed by atoms with Crippen LogP contribution in [0.5, 0.6) is 5.75 Å². The highest BCUT2D eigenvalue weighted by molar-refractivity contribution is 7.15. The summed E-state index contributed by atoms with van der Waals surface area (Å²) in [6.45, 7) is 1.73. The first-order valence-corrected chi connectivity index (χ1v) is 9.09. The number of hydrogen-bond acceptors (Lipinski definition) is 8. The van der Waals surface area contributed by atoms with Crippen LogP contribution in [-0.4, -0.2) is 37.1 Å². The van der Waals surface area contributed by atoms with Gasteiger partial charge < -0.3 is 10.2 Å². The normalized spacial score (nSPS) is 18.6. The van der Waals surface area contributed by atoms with E-state index in [1.807, 2.05) is 0 Å². The molecule has 8 nitrogen and oxygen atoms in total. The summed E-state index contributed by atoms with van der Waals surface area (Å²) in [5, 5.41) is 29.5. The first-order chi connectivity index (χ1) is 13.5. The quantitative estimate of drug-likeness (QED) is 0.398. The third kappa shape index (κ3) is 2.91. The topological polar surface area (TPSA) is 117 Å². The molecule has 0 radical (unpaired) electrons. The number of hydrogen-bond donors (Lipinski definition) is 2. The van der Waals surface area contributed by atoms with Gasteiger partial charge in [-0.25, -0.2) is 0 Å². The van der Waals surface area contributed by atoms with E-state index in [9.17, 15) is 19.8 Å². The molecule has 2 N–H and O–H groups in total. The second-order valence-corrected chi connectivity index (χ2v) is 7.26. The molecule has 1 aromatic carbocycles. The van der Waals surface area contributed by atoms with Crippen molar-refractivity contribution in [1.82, 2.24) is 15.2 Å². The fourth-order valence-electron chi connectivity index (χ4n) is 3.09. The Labute approximate surface area is 163 Å². The lowest BCUT2D eigenvalue weighted by Crippen LogP contribution is -2.29. The molecule has 28 heavy (non-hydrogen) atoms. The Kier molecular flexibility index (Phi) is 4.36. The third-order valence-corrected chi connectivity index (χ3v) is 5.14. The van der Waals surface area contributed by atoms with E-state index >= 15 is 0 Å². The molecule has 3 heterocycles. The van der Waals surface area contributed by atoms with Gasteiger partial charge in [-0.1, -0.05) is 23.5 Å². The van der Waals surface area contributed by atoms with E-state index in [0.29, 0.717) is 16.1 Å². The Balaban J connectivity index is 1.96. The Morgan fingerprint density at radius 1 is 1.14 bits per heavy atom. The molecule has 1 aliphatic rings. The number of rotatable bonds is 3. The van der Waals surface area contributed by atoms with Crippen LogP contribution in [0.15, 0.2) is 54.4 Å². The number of aliphatic hydroxyl groups excluding tert-OH is 1. The summed E-state index contributed by atoms with van der Waals surface area (Å²) in [4.78, 5) is 30.8. The van der Waals surface area contributed by atoms with Crippen LogP contribution in [0.1, 0.15) is 22.2 Å². The maximum atomic E-state index is 12.8. The van der Waals surface area contributed by atoms with Crippen molar-refractivity contribution in [1.29, 1.82) is 0 Å². The lowest BCUT2D eigenvalue weighted by atomic mass is 9.95. The van der Waals surface area contributed by atoms with Gasteiger partial charge in [-0.15, -0.1) is 10.2 Å². The van der Waals surface area contributed by atoms with E-state index in [2.05, 4.69) is 15.2 Å². The molecule has 1 aliphatic heterocycles. The Morgan fingerprint density at radius 2 is 1.89 bits per heavy atom. The monoisotopic (exact) mass is 394 g/mol. The largest absolute Gasteiger partial charge is 0.508 e. The number of carbonyl (C=O) groups is 2. The summed E-state index contributed by atoms with van der Waals surface area (Å²) in [6, 6.07) is 8.31. The van der Waals surface area contributed by atoms with Crippen LogP contribution in [0, 0.1) is 6.92 Å². The molecule has 2 aromatic heterocycles. The van der Waals surface area contributed by atoms with Gasteiger partial charge in [0.05, 0.1) is 11.6 Å². The first kappa shape index (κ1) is 17.8. The number of nitrogens with zero attached hydrogens (tertiary/aromatic N) is 4. The minimum absolute atomic E-state index is 0.0274. The highest BCUT2D eigenvalue weighted by Crippen LogP contribution is 2.43. The molecular weight excluding hydrogens is 380 g/mol. The number of aliphatic hydroxyl groups is 1. The molecule has 0 aliphatic carbocycles. The van der Waals surface area contributed by atoms with Gasteiger partial charge in [0.15, 0.2) is 0 Å². The fraction of sp³-hybridized carbons (Fsp3) is 0.105. The van der Waals surface area contributed by atoms with Gasteiger partial charge in [0.25, 0.3) is 5.78 Å². The van der Waals surface area contributed by atoms with Gasteiger partial charge in [-0.3, -0.25) is 19.5 Å². The van der Waals surface area contributed by atoms with Gasteiger partial charge in [0.1, 0.15) is 16.5 Å². The summed E-state index contributed by atoms with van der Waals surface area (Å²) in [7, 11) is 0. The molecule has 1 amide bonds. The molecule has 0 bridgehead atoms. The highest BCUT2D eigenvalue weighted by atomic mass is 32.1. The van der Waals surface area contributed by atoms with Crippen LogP contribution >= 0.6 is 11.3 Å². The Bertz CT molecular complexity index is 1110. The highest BCUT2D eigenvalue weighted by Gasteiger charge is 2.48. The summed E-state index contributed by atoms with van der Waals surface area (Å²) >= 11 is 1.16. The number of phenolic OH excluding ortho intramolecular Hbond substituents is 1. The predicted octanol–water partition coefficient (Wildman–Crippen LogP) is 2.57. The molecule has 1 atom stereocenters. The van der Waals surface area contributed by atoms with Crippen LogP contribution in [-0.2, 0) is 9.59 Å². The number of benzene rings is 1. The number of phenols is 1. The Hall–Kier alpha value is -3.59. The molecule has 9 heteroatoms. The number of amides is 1. The number of Topliss-reactive ketones (excluding diaryl/α,β-unsaturated/α-hetero) is 1. The summed E-state index contributed by atoms with van der Waals surface area (Å²) in [6.07, 6.45) is 2.95. The fourth-order valence-corrected chi connectivity index (χ4v) is 3.80. The maximum Gasteiger partial charge on any atom is 0.301 e. The van der Waals surface area contributed by atoms with Crippen molar-refractivity contribution >= 4 is 33.9 Å². The van der Waals surface area contributed by atoms with Crippen molar-refractivity contribution in [3.63, 3.8) is 0 Å². The zero-order valence-electron chi connectivity index (χ0n) is 14.6. The van der Waals surface area contributed by atoms with Gasteiger partial charge in [0, 0.05) is 18.0 Å². The van der Waals surface area contributed by atoms with E-state index in [1.54, 1.807) is 19.1 Å². The van der Waals surface area contributed by atoms with Crippen molar-refractivity contribution in [3.05, 3.63) is 70.5 Å². The van der Waals surface area contributed by atoms with E-state index in [-0.39, 0.29) is 22.2 Å². The second-order valence-electron chi connectivity index (χ2n) is 6.10. The number of ketones is 1. The molecule has 4 rings (SSSR count). The zero-order chi connectivity index (χ0) is 19.8. The average molecular weight is 394 g/mol. The van der Waals surface area contributed by atoms with Crippen LogP contribution < -0.4 is 4.90 Å². The minimum atomic E-state index is -0.951. The van der Waals surface area contributed by atoms with Crippen molar-refractivity contribution in [2.75, 3.05) is 4.90 Å². The van der Waals surface area contributed by atoms with Crippen molar-refractivity contribution in [2.24, 2.45) is 0 Å². The minimum Gasteiger partial charge on any atom is -0.508 e. The van der Waals surface area contributed by atoms with Crippen LogP contribution in [0.25, 0.3) is 5.76 Å². The zero-order valence-corrected chi connectivity index (χ0v) is 15.4. The van der Waals surface area contributed by atoms with E-state index in [4.69, 9.17) is 0 Å². The van der Waals surface area contributed by atoms with Crippen molar-refractivity contribution in [3.8, 4) is 5.75 Å². The number of aromatic nitrogens is 3. The lowest BCUT2D eigenvalue weighted by molar-refractivity contribution is -0.132. The van der Waals surface area contributed by atoms with E-state index in [1.165, 1.54) is 41.6 Å². The third-order valence-electron chi connectivity index (χ3n) is 4.31. The molecule has 1 fully saturated rings. The second kappa shape index (κ2) is 6.86. The number of carbonyl (C=O) groups excluding carboxylic acids is 2. The number of aryl methyl sites for hydroxylation is 1. The average Bonchev–Trinajstić information content (AvgIpc) is 3.23. The first-order valence-electron chi connectivity index (χ1n) is 8.28. The van der Waals surface area contributed by atoms with Gasteiger partial charge in [-0.05, 0) is 36.8 Å². The van der Waals surface area contributed by atoms with E-state index in [0.717, 1.165) is 11.3 Å². The smallest absolute Gasteiger partial charge is 0.301 e. The molecule has 3 aromatic rings. The van der Waals surface area contributed by atoms with E-state index < -0.39 is 17.7 Å². The maximum absolute atomic E-state index is 12.8. The van der Waals surface area contributed by atoms with Crippen LogP contribution in [0.4, 0.5) is 5.13 Å². The Morgan fingerprint density at radius 3 is 2.54 bits per heavy atom. The van der Waals surface area contributed by atoms with Gasteiger partial charge in [-0.2, -0.15) is 0 Å². The molecule has 140 valence electrons. The number of aromatic hydroxyl groups is 1. The van der Waals surface area contributed by atoms with Gasteiger partial charge in [0.2, 0.25) is 5.13 Å². The summed E-state index contributed by atoms with van der Waals surface area (Å²) in [5.74, 6) is -2.01. The SMILES string of the molecule is Cc1nnc(N2C(=O)C(=O)C(=C(O)c3ccncc3)C2c2cccc(O)c2)s1. The molecule has 1 unspecified atom stereocenters. The van der Waals surface area contributed by atoms with Crippen molar-refractivity contribution < 1.29 is 19.8 Å². The molecule has 0 spiro atoms.